The number of rotatable bonds is 5. The van der Waals surface area contributed by atoms with Crippen LogP contribution in [0.25, 0.3) is 0 Å². The first-order chi connectivity index (χ1) is 8.78. The second-order valence-corrected chi connectivity index (χ2v) is 4.58. The Morgan fingerprint density at radius 1 is 1.50 bits per heavy atom. The van der Waals surface area contributed by atoms with Gasteiger partial charge in [-0.3, -0.25) is 4.79 Å². The molecular weight excluding hydrogens is 230 g/mol. The van der Waals surface area contributed by atoms with Crippen LogP contribution in [0.1, 0.15) is 31.2 Å². The lowest BCUT2D eigenvalue weighted by Gasteiger charge is -2.09. The van der Waals surface area contributed by atoms with Gasteiger partial charge in [0.25, 0.3) is 0 Å². The van der Waals surface area contributed by atoms with Gasteiger partial charge in [-0.15, -0.1) is 0 Å². The molecule has 1 aliphatic rings. The number of carbonyl (C=O) groups is 1. The van der Waals surface area contributed by atoms with Gasteiger partial charge in [0.1, 0.15) is 0 Å². The molecule has 4 nitrogen and oxygen atoms in total. The summed E-state index contributed by atoms with van der Waals surface area (Å²) in [5, 5.41) is 11.8. The van der Waals surface area contributed by atoms with Gasteiger partial charge in [-0.1, -0.05) is 12.1 Å². The van der Waals surface area contributed by atoms with Crippen LogP contribution in [-0.4, -0.2) is 23.7 Å². The number of nitrogens with one attached hydrogen (secondary N) is 1. The van der Waals surface area contributed by atoms with E-state index in [1.807, 2.05) is 18.2 Å². The highest BCUT2D eigenvalue weighted by Crippen LogP contribution is 2.17. The fourth-order valence-electron chi connectivity index (χ4n) is 2.14. The number of aliphatic hydroxyl groups is 1. The van der Waals surface area contributed by atoms with E-state index < -0.39 is 0 Å². The smallest absolute Gasteiger partial charge is 0.224 e. The minimum atomic E-state index is -0.0143. The van der Waals surface area contributed by atoms with Crippen molar-refractivity contribution in [1.29, 1.82) is 0 Å². The van der Waals surface area contributed by atoms with E-state index in [9.17, 15) is 4.79 Å². The summed E-state index contributed by atoms with van der Waals surface area (Å²) in [4.78, 5) is 11.7. The summed E-state index contributed by atoms with van der Waals surface area (Å²) in [5.74, 6) is 0.000546. The predicted molar refractivity (Wildman–Crippen MR) is 69.2 cm³/mol. The van der Waals surface area contributed by atoms with Gasteiger partial charge >= 0.3 is 0 Å². The van der Waals surface area contributed by atoms with Crippen LogP contribution in [-0.2, 0) is 16.1 Å². The minimum Gasteiger partial charge on any atom is -0.392 e. The van der Waals surface area contributed by atoms with Crippen molar-refractivity contribution in [2.45, 2.75) is 38.4 Å². The topological polar surface area (TPSA) is 58.6 Å². The number of hydrogen-bond acceptors (Lipinski definition) is 3. The molecule has 2 rings (SSSR count). The Balaban J connectivity index is 1.78. The Hall–Kier alpha value is -1.39. The van der Waals surface area contributed by atoms with E-state index in [2.05, 4.69) is 5.32 Å². The third kappa shape index (κ3) is 3.82. The molecule has 0 spiro atoms. The van der Waals surface area contributed by atoms with Gasteiger partial charge in [0.15, 0.2) is 0 Å². The first-order valence-electron chi connectivity index (χ1n) is 6.39. The molecule has 1 unspecified atom stereocenters. The summed E-state index contributed by atoms with van der Waals surface area (Å²) in [6, 6.07) is 7.25. The second-order valence-electron chi connectivity index (χ2n) is 4.58. The number of aliphatic hydroxyl groups excluding tert-OH is 1. The Bertz CT molecular complexity index is 400. The van der Waals surface area contributed by atoms with E-state index in [1.54, 1.807) is 6.07 Å². The molecule has 0 saturated carbocycles. The maximum absolute atomic E-state index is 11.7. The van der Waals surface area contributed by atoms with Crippen molar-refractivity contribution in [1.82, 2.24) is 0 Å². The summed E-state index contributed by atoms with van der Waals surface area (Å²) in [7, 11) is 0. The number of hydrogen-bond donors (Lipinski definition) is 2. The molecule has 98 valence electrons. The molecule has 1 saturated heterocycles. The number of ether oxygens (including phenoxy) is 1. The standard InChI is InChI=1S/C14H19NO3/c16-10-11-3-1-4-12(9-11)15-14(17)7-6-13-5-2-8-18-13/h1,3-4,9,13,16H,2,5-8,10H2,(H,15,17). The normalized spacial score (nSPS) is 18.8. The van der Waals surface area contributed by atoms with Crippen molar-refractivity contribution in [3.05, 3.63) is 29.8 Å². The SMILES string of the molecule is O=C(CCC1CCCO1)Nc1cccc(CO)c1. The van der Waals surface area contributed by atoms with Gasteiger partial charge in [-0.25, -0.2) is 0 Å². The van der Waals surface area contributed by atoms with Crippen molar-refractivity contribution in [2.24, 2.45) is 0 Å². The van der Waals surface area contributed by atoms with E-state index in [1.165, 1.54) is 0 Å². The van der Waals surface area contributed by atoms with Crippen LogP contribution in [0.4, 0.5) is 5.69 Å². The van der Waals surface area contributed by atoms with E-state index in [4.69, 9.17) is 9.84 Å². The van der Waals surface area contributed by atoms with Crippen LogP contribution in [0.5, 0.6) is 0 Å². The Morgan fingerprint density at radius 3 is 3.11 bits per heavy atom. The highest BCUT2D eigenvalue weighted by Gasteiger charge is 2.16. The Labute approximate surface area is 107 Å². The Kier molecular flexibility index (Phi) is 4.73. The molecule has 1 atom stereocenters. The van der Waals surface area contributed by atoms with Crippen LogP contribution in [0.15, 0.2) is 24.3 Å². The lowest BCUT2D eigenvalue weighted by molar-refractivity contribution is -0.116. The molecule has 0 aliphatic carbocycles. The lowest BCUT2D eigenvalue weighted by Crippen LogP contribution is -2.15. The van der Waals surface area contributed by atoms with Crippen molar-refractivity contribution < 1.29 is 14.6 Å². The van der Waals surface area contributed by atoms with Gasteiger partial charge in [0.2, 0.25) is 5.91 Å². The van der Waals surface area contributed by atoms with Crippen LogP contribution in [0.3, 0.4) is 0 Å². The molecule has 18 heavy (non-hydrogen) atoms. The summed E-state index contributed by atoms with van der Waals surface area (Å²) in [6.07, 6.45) is 3.68. The summed E-state index contributed by atoms with van der Waals surface area (Å²) in [6.45, 7) is 0.810. The fraction of sp³-hybridized carbons (Fsp3) is 0.500. The zero-order valence-corrected chi connectivity index (χ0v) is 10.4. The van der Waals surface area contributed by atoms with Gasteiger partial charge in [0.05, 0.1) is 12.7 Å². The zero-order chi connectivity index (χ0) is 12.8. The first-order valence-corrected chi connectivity index (χ1v) is 6.39. The monoisotopic (exact) mass is 249 g/mol. The van der Waals surface area contributed by atoms with Gasteiger partial charge in [-0.05, 0) is 37.0 Å². The van der Waals surface area contributed by atoms with Crippen LogP contribution >= 0.6 is 0 Å². The molecule has 2 N–H and O–H groups in total. The highest BCUT2D eigenvalue weighted by atomic mass is 16.5. The lowest BCUT2D eigenvalue weighted by atomic mass is 10.1. The third-order valence-corrected chi connectivity index (χ3v) is 3.11. The molecule has 1 aromatic rings. The van der Waals surface area contributed by atoms with Crippen LogP contribution in [0, 0.1) is 0 Å². The molecule has 1 aliphatic heterocycles. The molecule has 1 fully saturated rings. The van der Waals surface area contributed by atoms with Gasteiger partial charge < -0.3 is 15.2 Å². The molecular formula is C14H19NO3. The fourth-order valence-corrected chi connectivity index (χ4v) is 2.14. The molecule has 1 amide bonds. The number of carbonyl (C=O) groups excluding carboxylic acids is 1. The summed E-state index contributed by atoms with van der Waals surface area (Å²) < 4.78 is 5.48. The summed E-state index contributed by atoms with van der Waals surface area (Å²) >= 11 is 0. The van der Waals surface area contributed by atoms with E-state index >= 15 is 0 Å². The number of amides is 1. The summed E-state index contributed by atoms with van der Waals surface area (Å²) in [5.41, 5.74) is 1.53. The minimum absolute atomic E-state index is 0.000546. The molecule has 0 bridgehead atoms. The number of anilines is 1. The second kappa shape index (κ2) is 6.52. The van der Waals surface area contributed by atoms with E-state index in [0.29, 0.717) is 6.42 Å². The number of benzene rings is 1. The molecule has 0 radical (unpaired) electrons. The van der Waals surface area contributed by atoms with Crippen molar-refractivity contribution in [3.63, 3.8) is 0 Å². The average Bonchev–Trinajstić information content (AvgIpc) is 2.90. The molecule has 1 heterocycles. The Morgan fingerprint density at radius 2 is 2.39 bits per heavy atom. The van der Waals surface area contributed by atoms with Crippen molar-refractivity contribution >= 4 is 11.6 Å². The molecule has 0 aromatic heterocycles. The van der Waals surface area contributed by atoms with Crippen molar-refractivity contribution in [3.8, 4) is 0 Å². The largest absolute Gasteiger partial charge is 0.392 e. The first kappa shape index (κ1) is 13.1. The third-order valence-electron chi connectivity index (χ3n) is 3.11. The van der Waals surface area contributed by atoms with Gasteiger partial charge in [0, 0.05) is 18.7 Å². The highest BCUT2D eigenvalue weighted by molar-refractivity contribution is 5.90. The van der Waals surface area contributed by atoms with Crippen LogP contribution in [0.2, 0.25) is 0 Å². The van der Waals surface area contributed by atoms with Crippen LogP contribution < -0.4 is 5.32 Å². The molecule has 4 heteroatoms. The molecule has 1 aromatic carbocycles. The average molecular weight is 249 g/mol. The predicted octanol–water partition coefficient (Wildman–Crippen LogP) is 2.08. The maximum Gasteiger partial charge on any atom is 0.224 e. The van der Waals surface area contributed by atoms with Gasteiger partial charge in [-0.2, -0.15) is 0 Å². The maximum atomic E-state index is 11.7. The van der Waals surface area contributed by atoms with E-state index in [0.717, 1.165) is 37.1 Å². The van der Waals surface area contributed by atoms with E-state index in [-0.39, 0.29) is 18.6 Å². The quantitative estimate of drug-likeness (QED) is 0.840. The zero-order valence-electron chi connectivity index (χ0n) is 10.4. The van der Waals surface area contributed by atoms with Crippen molar-refractivity contribution in [2.75, 3.05) is 11.9 Å².